The normalized spacial score (nSPS) is 11.0. The second-order valence-corrected chi connectivity index (χ2v) is 7.81. The largest absolute Gasteiger partial charge is 0.444 e. The molecule has 0 bridgehead atoms. The molecule has 26 heavy (non-hydrogen) atoms. The van der Waals surface area contributed by atoms with E-state index >= 15 is 0 Å². The van der Waals surface area contributed by atoms with Gasteiger partial charge in [0.1, 0.15) is 28.0 Å². The number of rotatable bonds is 5. The third-order valence-corrected chi connectivity index (χ3v) is 5.64. The Morgan fingerprint density at radius 2 is 1.69 bits per heavy atom. The molecule has 9 heteroatoms. The Hall–Kier alpha value is -2.60. The number of benzene rings is 2. The molecule has 3 rings (SSSR count). The highest BCUT2D eigenvalue weighted by Gasteiger charge is 2.17. The zero-order valence-corrected chi connectivity index (χ0v) is 15.7. The number of ether oxygens (including phenoxy) is 1. The summed E-state index contributed by atoms with van der Waals surface area (Å²) in [6.45, 7) is 1.87. The first kappa shape index (κ1) is 18.2. The van der Waals surface area contributed by atoms with E-state index < -0.39 is 10.1 Å². The molecule has 0 N–H and O–H groups in total. The van der Waals surface area contributed by atoms with E-state index in [0.717, 1.165) is 17.1 Å². The molecule has 6 nitrogen and oxygen atoms in total. The van der Waals surface area contributed by atoms with Gasteiger partial charge in [-0.1, -0.05) is 29.3 Å². The summed E-state index contributed by atoms with van der Waals surface area (Å²) in [6, 6.07) is 14.2. The molecule has 0 saturated carbocycles. The molecule has 0 radical (unpaired) electrons. The van der Waals surface area contributed by atoms with Crippen molar-refractivity contribution in [2.24, 2.45) is 0 Å². The minimum Gasteiger partial charge on any atom is -0.444 e. The van der Waals surface area contributed by atoms with E-state index in [4.69, 9.17) is 25.8 Å². The summed E-state index contributed by atoms with van der Waals surface area (Å²) in [5.74, 6) is 0.530. The summed E-state index contributed by atoms with van der Waals surface area (Å²) >= 11 is 6.74. The fourth-order valence-electron chi connectivity index (χ4n) is 1.97. The average Bonchev–Trinajstić information content (AvgIpc) is 2.96. The third-order valence-electron chi connectivity index (χ3n) is 3.28. The average molecular weight is 407 g/mol. The van der Waals surface area contributed by atoms with Crippen LogP contribution < -0.4 is 8.92 Å². The van der Waals surface area contributed by atoms with E-state index in [0.29, 0.717) is 5.75 Å². The van der Waals surface area contributed by atoms with Crippen molar-refractivity contribution in [3.05, 3.63) is 64.8 Å². The monoisotopic (exact) mass is 406 g/mol. The number of halogens is 1. The van der Waals surface area contributed by atoms with Crippen LogP contribution in [0.1, 0.15) is 11.1 Å². The topological polar surface area (TPSA) is 89.3 Å². The summed E-state index contributed by atoms with van der Waals surface area (Å²) < 4.78 is 39.0. The molecule has 0 atom stereocenters. The van der Waals surface area contributed by atoms with Crippen LogP contribution in [-0.2, 0) is 10.1 Å². The highest BCUT2D eigenvalue weighted by molar-refractivity contribution is 7.87. The van der Waals surface area contributed by atoms with Gasteiger partial charge in [-0.15, -0.1) is 0 Å². The van der Waals surface area contributed by atoms with Crippen molar-refractivity contribution in [3.8, 4) is 22.6 Å². The van der Waals surface area contributed by atoms with Crippen LogP contribution in [0.25, 0.3) is 0 Å². The molecule has 0 amide bonds. The number of hydrogen-bond acceptors (Lipinski definition) is 7. The van der Waals surface area contributed by atoms with Crippen LogP contribution in [0.2, 0.25) is 5.15 Å². The Bertz CT molecular complexity index is 1070. The summed E-state index contributed by atoms with van der Waals surface area (Å²) in [4.78, 5) is 0.0707. The Morgan fingerprint density at radius 3 is 2.31 bits per heavy atom. The predicted molar refractivity (Wildman–Crippen MR) is 97.3 cm³/mol. The molecule has 0 aliphatic heterocycles. The van der Waals surface area contributed by atoms with Crippen molar-refractivity contribution in [3.63, 3.8) is 0 Å². The molecule has 1 heterocycles. The lowest BCUT2D eigenvalue weighted by molar-refractivity contribution is 0.479. The van der Waals surface area contributed by atoms with Gasteiger partial charge in [-0.25, -0.2) is 0 Å². The van der Waals surface area contributed by atoms with Gasteiger partial charge in [0, 0.05) is 11.5 Å². The quantitative estimate of drug-likeness (QED) is 0.578. The van der Waals surface area contributed by atoms with Gasteiger partial charge in [0.15, 0.2) is 5.15 Å². The summed E-state index contributed by atoms with van der Waals surface area (Å²) in [6.07, 6.45) is 0. The van der Waals surface area contributed by atoms with Gasteiger partial charge in [0.25, 0.3) is 0 Å². The summed E-state index contributed by atoms with van der Waals surface area (Å²) in [5.41, 5.74) is 1.10. The first-order valence-corrected chi connectivity index (χ1v) is 9.79. The molecule has 0 unspecified atom stereocenters. The van der Waals surface area contributed by atoms with E-state index in [1.165, 1.54) is 36.4 Å². The standard InChI is InChI=1S/C17H11ClN2O4S2/c1-11-2-8-14(9-3-11)26(21,22)24-13-6-4-12(5-7-13)23-17-15(10-19)16(18)20-25-17/h2-9H,1H3. The second-order valence-electron chi connectivity index (χ2n) is 5.17. The van der Waals surface area contributed by atoms with Gasteiger partial charge in [-0.2, -0.15) is 18.1 Å². The van der Waals surface area contributed by atoms with Gasteiger partial charge >= 0.3 is 10.1 Å². The van der Waals surface area contributed by atoms with Crippen LogP contribution in [0.5, 0.6) is 16.6 Å². The van der Waals surface area contributed by atoms with Crippen LogP contribution in [0.4, 0.5) is 0 Å². The molecule has 2 aromatic carbocycles. The Kier molecular flexibility index (Phi) is 5.13. The molecule has 3 aromatic rings. The lowest BCUT2D eigenvalue weighted by atomic mass is 10.2. The molecule has 0 aliphatic rings. The van der Waals surface area contributed by atoms with Crippen molar-refractivity contribution in [1.82, 2.24) is 4.37 Å². The molecule has 132 valence electrons. The maximum Gasteiger partial charge on any atom is 0.339 e. The Morgan fingerprint density at radius 1 is 1.08 bits per heavy atom. The van der Waals surface area contributed by atoms with Crippen LogP contribution in [0, 0.1) is 18.3 Å². The van der Waals surface area contributed by atoms with Gasteiger partial charge < -0.3 is 8.92 Å². The third kappa shape index (κ3) is 3.96. The number of aromatic nitrogens is 1. The SMILES string of the molecule is Cc1ccc(S(=O)(=O)Oc2ccc(Oc3snc(Cl)c3C#N)cc2)cc1. The Balaban J connectivity index is 1.75. The molecule has 0 aliphatic carbocycles. The lowest BCUT2D eigenvalue weighted by Crippen LogP contribution is -2.09. The molecular formula is C17H11ClN2O4S2. The van der Waals surface area contributed by atoms with E-state index in [1.54, 1.807) is 12.1 Å². The maximum atomic E-state index is 12.3. The minimum absolute atomic E-state index is 0.0707. The first-order chi connectivity index (χ1) is 12.4. The van der Waals surface area contributed by atoms with Crippen molar-refractivity contribution in [1.29, 1.82) is 5.26 Å². The van der Waals surface area contributed by atoms with Crippen molar-refractivity contribution < 1.29 is 17.3 Å². The van der Waals surface area contributed by atoms with Crippen molar-refractivity contribution in [2.45, 2.75) is 11.8 Å². The highest BCUT2D eigenvalue weighted by atomic mass is 35.5. The van der Waals surface area contributed by atoms with Gasteiger partial charge in [-0.05, 0) is 43.3 Å². The zero-order valence-electron chi connectivity index (χ0n) is 13.3. The lowest BCUT2D eigenvalue weighted by Gasteiger charge is -2.08. The first-order valence-electron chi connectivity index (χ1n) is 7.23. The molecule has 1 aromatic heterocycles. The summed E-state index contributed by atoms with van der Waals surface area (Å²) in [7, 11) is -3.92. The van der Waals surface area contributed by atoms with Crippen molar-refractivity contribution >= 4 is 33.3 Å². The van der Waals surface area contributed by atoms with Gasteiger partial charge in [-0.3, -0.25) is 0 Å². The fraction of sp³-hybridized carbons (Fsp3) is 0.0588. The maximum absolute atomic E-state index is 12.3. The molecular weight excluding hydrogens is 396 g/mol. The predicted octanol–water partition coefficient (Wildman–Crippen LogP) is 4.54. The zero-order chi connectivity index (χ0) is 18.7. The number of nitriles is 1. The Labute approximate surface area is 159 Å². The van der Waals surface area contributed by atoms with Crippen LogP contribution in [-0.4, -0.2) is 12.8 Å². The number of hydrogen-bond donors (Lipinski definition) is 0. The number of nitrogens with zero attached hydrogens (tertiary/aromatic N) is 2. The van der Waals surface area contributed by atoms with Crippen molar-refractivity contribution in [2.75, 3.05) is 0 Å². The van der Waals surface area contributed by atoms with E-state index in [2.05, 4.69) is 4.37 Å². The van der Waals surface area contributed by atoms with Gasteiger partial charge in [0.2, 0.25) is 5.06 Å². The number of aryl methyl sites for hydroxylation is 1. The molecule has 0 fully saturated rings. The second kappa shape index (κ2) is 7.33. The van der Waals surface area contributed by atoms with E-state index in [-0.39, 0.29) is 26.4 Å². The highest BCUT2D eigenvalue weighted by Crippen LogP contribution is 2.34. The van der Waals surface area contributed by atoms with E-state index in [9.17, 15) is 8.42 Å². The van der Waals surface area contributed by atoms with Crippen LogP contribution in [0.15, 0.2) is 53.4 Å². The van der Waals surface area contributed by atoms with Crippen LogP contribution in [0.3, 0.4) is 0 Å². The fourth-order valence-corrected chi connectivity index (χ4v) is 3.81. The molecule has 0 saturated heterocycles. The minimum atomic E-state index is -3.92. The van der Waals surface area contributed by atoms with Crippen LogP contribution >= 0.6 is 23.1 Å². The smallest absolute Gasteiger partial charge is 0.339 e. The van der Waals surface area contributed by atoms with E-state index in [1.807, 2.05) is 13.0 Å². The summed E-state index contributed by atoms with van der Waals surface area (Å²) in [5, 5.41) is 9.37. The van der Waals surface area contributed by atoms with Gasteiger partial charge in [0.05, 0.1) is 0 Å². The molecule has 0 spiro atoms.